The predicted molar refractivity (Wildman–Crippen MR) is 110 cm³/mol. The fourth-order valence-corrected chi connectivity index (χ4v) is 4.41. The van der Waals surface area contributed by atoms with Gasteiger partial charge in [0, 0.05) is 26.1 Å². The van der Waals surface area contributed by atoms with Crippen LogP contribution in [0.4, 0.5) is 0 Å². The van der Waals surface area contributed by atoms with Gasteiger partial charge in [0.15, 0.2) is 11.2 Å². The van der Waals surface area contributed by atoms with Crippen LogP contribution in [0.3, 0.4) is 0 Å². The average molecular weight is 395 g/mol. The van der Waals surface area contributed by atoms with E-state index in [0.29, 0.717) is 17.7 Å². The second-order valence-corrected chi connectivity index (χ2v) is 7.89. The molecule has 0 saturated heterocycles. The number of imidazole rings is 1. The minimum atomic E-state index is -0.546. The van der Waals surface area contributed by atoms with Crippen LogP contribution in [-0.2, 0) is 30.8 Å². The molecule has 0 bridgehead atoms. The molecule has 1 aliphatic carbocycles. The molecule has 1 amide bonds. The van der Waals surface area contributed by atoms with E-state index < -0.39 is 11.2 Å². The summed E-state index contributed by atoms with van der Waals surface area (Å²) in [6, 6.07) is 10.2. The predicted octanol–water partition coefficient (Wildman–Crippen LogP) is 1.06. The number of carbonyl (C=O) groups excluding carboxylic acids is 1. The highest BCUT2D eigenvalue weighted by atomic mass is 16.2. The summed E-state index contributed by atoms with van der Waals surface area (Å²) in [6.07, 6.45) is 5.77. The van der Waals surface area contributed by atoms with Crippen LogP contribution >= 0.6 is 0 Å². The first kappa shape index (κ1) is 19.2. The van der Waals surface area contributed by atoms with Crippen molar-refractivity contribution < 1.29 is 4.79 Å². The summed E-state index contributed by atoms with van der Waals surface area (Å²) in [5.41, 5.74) is 0.706. The number of aromatic nitrogens is 4. The van der Waals surface area contributed by atoms with Gasteiger partial charge in [0.2, 0.25) is 5.91 Å². The van der Waals surface area contributed by atoms with E-state index in [2.05, 4.69) is 22.4 Å². The molecule has 1 aliphatic rings. The lowest BCUT2D eigenvalue weighted by molar-refractivity contribution is -0.122. The van der Waals surface area contributed by atoms with E-state index in [4.69, 9.17) is 0 Å². The molecule has 152 valence electrons. The van der Waals surface area contributed by atoms with E-state index in [1.54, 1.807) is 18.7 Å². The van der Waals surface area contributed by atoms with Gasteiger partial charge in [-0.2, -0.15) is 0 Å². The summed E-state index contributed by atoms with van der Waals surface area (Å²) >= 11 is 0. The van der Waals surface area contributed by atoms with Crippen LogP contribution in [0.2, 0.25) is 0 Å². The largest absolute Gasteiger partial charge is 0.354 e. The maximum Gasteiger partial charge on any atom is 0.332 e. The first-order chi connectivity index (χ1) is 13.9. The van der Waals surface area contributed by atoms with E-state index in [-0.39, 0.29) is 17.9 Å². The minimum absolute atomic E-state index is 0.0845. The van der Waals surface area contributed by atoms with Crippen LogP contribution in [0, 0.1) is 0 Å². The minimum Gasteiger partial charge on any atom is -0.354 e. The van der Waals surface area contributed by atoms with Gasteiger partial charge in [0.05, 0.1) is 6.33 Å². The molecule has 2 heterocycles. The Labute approximate surface area is 167 Å². The zero-order valence-electron chi connectivity index (χ0n) is 16.7. The van der Waals surface area contributed by atoms with Crippen molar-refractivity contribution in [1.82, 2.24) is 24.0 Å². The fourth-order valence-electron chi connectivity index (χ4n) is 4.41. The van der Waals surface area contributed by atoms with E-state index in [1.807, 2.05) is 18.2 Å². The zero-order chi connectivity index (χ0) is 20.6. The first-order valence-electron chi connectivity index (χ1n) is 9.86. The van der Waals surface area contributed by atoms with Crippen molar-refractivity contribution in [3.05, 3.63) is 63.1 Å². The topological polar surface area (TPSA) is 90.9 Å². The van der Waals surface area contributed by atoms with Gasteiger partial charge in [0.1, 0.15) is 6.54 Å². The maximum absolute atomic E-state index is 12.8. The van der Waals surface area contributed by atoms with Crippen LogP contribution in [0.1, 0.15) is 31.2 Å². The first-order valence-corrected chi connectivity index (χ1v) is 9.86. The maximum atomic E-state index is 12.8. The van der Waals surface area contributed by atoms with Crippen molar-refractivity contribution in [3.8, 4) is 0 Å². The van der Waals surface area contributed by atoms with Gasteiger partial charge < -0.3 is 9.88 Å². The lowest BCUT2D eigenvalue weighted by atomic mass is 9.79. The molecule has 0 spiro atoms. The van der Waals surface area contributed by atoms with Crippen molar-refractivity contribution in [2.45, 2.75) is 37.6 Å². The monoisotopic (exact) mass is 395 g/mol. The van der Waals surface area contributed by atoms with E-state index in [0.717, 1.165) is 30.3 Å². The van der Waals surface area contributed by atoms with Gasteiger partial charge in [0.25, 0.3) is 5.56 Å². The summed E-state index contributed by atoms with van der Waals surface area (Å²) in [5.74, 6) is -0.340. The van der Waals surface area contributed by atoms with E-state index >= 15 is 0 Å². The highest BCUT2D eigenvalue weighted by Gasteiger charge is 2.35. The second kappa shape index (κ2) is 7.35. The second-order valence-electron chi connectivity index (χ2n) is 7.89. The number of fused-ring (bicyclic) bond motifs is 1. The normalized spacial score (nSPS) is 15.7. The third-order valence-electron chi connectivity index (χ3n) is 6.07. The van der Waals surface area contributed by atoms with Gasteiger partial charge in [-0.15, -0.1) is 0 Å². The highest BCUT2D eigenvalue weighted by molar-refractivity contribution is 5.76. The molecular weight excluding hydrogens is 370 g/mol. The van der Waals surface area contributed by atoms with E-state index in [1.165, 1.54) is 16.5 Å². The number of nitrogens with zero attached hydrogens (tertiary/aromatic N) is 4. The van der Waals surface area contributed by atoms with E-state index in [9.17, 15) is 14.4 Å². The number of nitrogens with one attached hydrogen (secondary N) is 1. The van der Waals surface area contributed by atoms with Crippen LogP contribution in [0.25, 0.3) is 11.2 Å². The number of aryl methyl sites for hydroxylation is 2. The average Bonchev–Trinajstić information content (AvgIpc) is 3.36. The molecule has 4 rings (SSSR count). The molecule has 29 heavy (non-hydrogen) atoms. The summed E-state index contributed by atoms with van der Waals surface area (Å²) in [7, 11) is 3.24. The molecule has 0 aliphatic heterocycles. The highest BCUT2D eigenvalue weighted by Crippen LogP contribution is 2.40. The summed E-state index contributed by atoms with van der Waals surface area (Å²) in [4.78, 5) is 42.1. The lowest BCUT2D eigenvalue weighted by Gasteiger charge is -2.30. The SMILES string of the molecule is Cn1cnc2c1c(=O)n(CC(=O)NCC1(c3ccccc3)CCCC1)c(=O)n2C. The molecule has 1 fully saturated rings. The fraction of sp³-hybridized carbons (Fsp3) is 0.429. The van der Waals surface area contributed by atoms with Crippen molar-refractivity contribution in [2.24, 2.45) is 14.1 Å². The number of rotatable bonds is 5. The Hall–Kier alpha value is -3.16. The Kier molecular flexibility index (Phi) is 4.86. The number of carbonyl (C=O) groups is 1. The van der Waals surface area contributed by atoms with Crippen LogP contribution < -0.4 is 16.6 Å². The Morgan fingerprint density at radius 3 is 2.52 bits per heavy atom. The molecule has 0 unspecified atom stereocenters. The number of amides is 1. The van der Waals surface area contributed by atoms with Gasteiger partial charge in [-0.25, -0.2) is 14.3 Å². The number of benzene rings is 1. The number of hydrogen-bond donors (Lipinski definition) is 1. The molecular formula is C21H25N5O3. The van der Waals surface area contributed by atoms with Crippen LogP contribution in [-0.4, -0.2) is 31.1 Å². The molecule has 0 atom stereocenters. The zero-order valence-corrected chi connectivity index (χ0v) is 16.7. The third kappa shape index (κ3) is 3.28. The lowest BCUT2D eigenvalue weighted by Crippen LogP contribution is -2.46. The number of hydrogen-bond acceptors (Lipinski definition) is 4. The molecule has 1 aromatic carbocycles. The van der Waals surface area contributed by atoms with Crippen molar-refractivity contribution >= 4 is 17.1 Å². The molecule has 2 aromatic heterocycles. The quantitative estimate of drug-likeness (QED) is 0.699. The van der Waals surface area contributed by atoms with Crippen molar-refractivity contribution in [3.63, 3.8) is 0 Å². The molecule has 1 saturated carbocycles. The molecule has 3 aromatic rings. The molecule has 8 nitrogen and oxygen atoms in total. The summed E-state index contributed by atoms with van der Waals surface area (Å²) < 4.78 is 3.84. The third-order valence-corrected chi connectivity index (χ3v) is 6.07. The summed E-state index contributed by atoms with van der Waals surface area (Å²) in [5, 5.41) is 2.97. The van der Waals surface area contributed by atoms with Gasteiger partial charge in [-0.1, -0.05) is 43.2 Å². The molecule has 0 radical (unpaired) electrons. The standard InChI is InChI=1S/C21H25N5O3/c1-24-14-23-18-17(24)19(28)26(20(29)25(18)2)12-16(27)22-13-21(10-6-7-11-21)15-8-4-3-5-9-15/h3-5,8-9,14H,6-7,10-13H2,1-2H3,(H,22,27). The van der Waals surface area contributed by atoms with Gasteiger partial charge >= 0.3 is 5.69 Å². The summed E-state index contributed by atoms with van der Waals surface area (Å²) in [6.45, 7) is 0.191. The van der Waals surface area contributed by atoms with Crippen molar-refractivity contribution in [2.75, 3.05) is 6.54 Å². The van der Waals surface area contributed by atoms with Gasteiger partial charge in [-0.3, -0.25) is 14.2 Å². The van der Waals surface area contributed by atoms with Gasteiger partial charge in [-0.05, 0) is 18.4 Å². The Morgan fingerprint density at radius 1 is 1.14 bits per heavy atom. The Balaban J connectivity index is 1.57. The Bertz CT molecular complexity index is 1170. The molecule has 8 heteroatoms. The Morgan fingerprint density at radius 2 is 1.83 bits per heavy atom. The van der Waals surface area contributed by atoms with Crippen molar-refractivity contribution in [1.29, 1.82) is 0 Å². The van der Waals surface area contributed by atoms with Crippen LogP contribution in [0.15, 0.2) is 46.2 Å². The smallest absolute Gasteiger partial charge is 0.332 e. The van der Waals surface area contributed by atoms with Crippen LogP contribution in [0.5, 0.6) is 0 Å². The molecule has 1 N–H and O–H groups in total.